The molecule has 0 atom stereocenters. The summed E-state index contributed by atoms with van der Waals surface area (Å²) in [5, 5.41) is 11.8. The first-order chi connectivity index (χ1) is 15.4. The SMILES string of the molecule is Cc1c(-c2ccc(C(=O)N3c4ccccc4Sc4ccc(Cl)cc43)o2)cccc1[N+](=O)[O-]. The lowest BCUT2D eigenvalue weighted by Crippen LogP contribution is -2.28. The predicted octanol–water partition coefficient (Wildman–Crippen LogP) is 7.26. The minimum absolute atomic E-state index is 0.00247. The summed E-state index contributed by atoms with van der Waals surface area (Å²) in [6.45, 7) is 1.66. The molecule has 0 N–H and O–H groups in total. The third-order valence-electron chi connectivity index (χ3n) is 5.28. The van der Waals surface area contributed by atoms with Gasteiger partial charge in [-0.3, -0.25) is 19.8 Å². The molecule has 32 heavy (non-hydrogen) atoms. The van der Waals surface area contributed by atoms with Gasteiger partial charge in [-0.05, 0) is 49.4 Å². The van der Waals surface area contributed by atoms with E-state index in [0.717, 1.165) is 15.5 Å². The monoisotopic (exact) mass is 462 g/mol. The number of nitro benzene ring substituents is 1. The van der Waals surface area contributed by atoms with Crippen LogP contribution in [0.25, 0.3) is 11.3 Å². The van der Waals surface area contributed by atoms with Crippen molar-refractivity contribution in [1.29, 1.82) is 0 Å². The number of benzene rings is 3. The molecule has 6 nitrogen and oxygen atoms in total. The van der Waals surface area contributed by atoms with Gasteiger partial charge in [-0.15, -0.1) is 0 Å². The first-order valence-corrected chi connectivity index (χ1v) is 10.9. The fourth-order valence-electron chi connectivity index (χ4n) is 3.74. The van der Waals surface area contributed by atoms with Gasteiger partial charge in [0, 0.05) is 32.0 Å². The van der Waals surface area contributed by atoms with Crippen molar-refractivity contribution in [3.05, 3.63) is 99.3 Å². The highest BCUT2D eigenvalue weighted by Gasteiger charge is 2.31. The van der Waals surface area contributed by atoms with Gasteiger partial charge >= 0.3 is 0 Å². The molecule has 1 aliphatic heterocycles. The van der Waals surface area contributed by atoms with Gasteiger partial charge in [-0.2, -0.15) is 0 Å². The predicted molar refractivity (Wildman–Crippen MR) is 124 cm³/mol. The van der Waals surface area contributed by atoms with Crippen molar-refractivity contribution in [2.75, 3.05) is 4.90 Å². The fraction of sp³-hybridized carbons (Fsp3) is 0.0417. The molecule has 0 spiro atoms. The molecule has 2 heterocycles. The second-order valence-electron chi connectivity index (χ2n) is 7.19. The molecule has 8 heteroatoms. The molecular formula is C24H15ClN2O4S. The van der Waals surface area contributed by atoms with Gasteiger partial charge in [-0.1, -0.05) is 47.6 Å². The largest absolute Gasteiger partial charge is 0.451 e. The van der Waals surface area contributed by atoms with Crippen LogP contribution in [0.1, 0.15) is 16.1 Å². The van der Waals surface area contributed by atoms with Crippen LogP contribution in [-0.2, 0) is 0 Å². The first-order valence-electron chi connectivity index (χ1n) is 9.69. The van der Waals surface area contributed by atoms with Crippen LogP contribution in [0.3, 0.4) is 0 Å². The Morgan fingerprint density at radius 3 is 2.59 bits per heavy atom. The zero-order valence-corrected chi connectivity index (χ0v) is 18.3. The van der Waals surface area contributed by atoms with Crippen molar-refractivity contribution in [2.45, 2.75) is 16.7 Å². The number of nitrogens with zero attached hydrogens (tertiary/aromatic N) is 2. The summed E-state index contributed by atoms with van der Waals surface area (Å²) in [5.41, 5.74) is 2.45. The third kappa shape index (κ3) is 3.36. The second kappa shape index (κ2) is 7.85. The summed E-state index contributed by atoms with van der Waals surface area (Å²) in [6.07, 6.45) is 0. The number of hydrogen-bond acceptors (Lipinski definition) is 5. The Balaban J connectivity index is 1.59. The third-order valence-corrected chi connectivity index (χ3v) is 6.64. The van der Waals surface area contributed by atoms with Crippen molar-refractivity contribution in [1.82, 2.24) is 0 Å². The Labute approximate surface area is 192 Å². The van der Waals surface area contributed by atoms with Crippen LogP contribution in [0, 0.1) is 17.0 Å². The fourth-order valence-corrected chi connectivity index (χ4v) is 4.95. The lowest BCUT2D eigenvalue weighted by atomic mass is 10.1. The minimum atomic E-state index is -0.434. The highest BCUT2D eigenvalue weighted by molar-refractivity contribution is 7.99. The van der Waals surface area contributed by atoms with Crippen molar-refractivity contribution >= 4 is 46.3 Å². The van der Waals surface area contributed by atoms with E-state index in [0.29, 0.717) is 27.6 Å². The highest BCUT2D eigenvalue weighted by atomic mass is 35.5. The number of para-hydroxylation sites is 1. The minimum Gasteiger partial charge on any atom is -0.451 e. The molecule has 0 saturated heterocycles. The van der Waals surface area contributed by atoms with E-state index in [1.165, 1.54) is 6.07 Å². The second-order valence-corrected chi connectivity index (χ2v) is 8.71. The lowest BCUT2D eigenvalue weighted by molar-refractivity contribution is -0.385. The smallest absolute Gasteiger partial charge is 0.298 e. The Kier molecular flexibility index (Phi) is 5.00. The van der Waals surface area contributed by atoms with Crippen molar-refractivity contribution < 1.29 is 14.1 Å². The molecule has 158 valence electrons. The lowest BCUT2D eigenvalue weighted by Gasteiger charge is -2.30. The molecule has 0 aliphatic carbocycles. The van der Waals surface area contributed by atoms with E-state index in [1.54, 1.807) is 60.0 Å². The van der Waals surface area contributed by atoms with E-state index in [4.69, 9.17) is 16.0 Å². The Morgan fingerprint density at radius 2 is 1.78 bits per heavy atom. The number of anilines is 2. The van der Waals surface area contributed by atoms with E-state index < -0.39 is 4.92 Å². The average Bonchev–Trinajstić information content (AvgIpc) is 3.27. The molecule has 0 saturated carbocycles. The zero-order chi connectivity index (χ0) is 22.4. The van der Waals surface area contributed by atoms with Crippen LogP contribution in [0.15, 0.2) is 87.0 Å². The number of rotatable bonds is 3. The summed E-state index contributed by atoms with van der Waals surface area (Å²) in [7, 11) is 0. The van der Waals surface area contributed by atoms with E-state index in [1.807, 2.05) is 30.3 Å². The molecule has 1 amide bonds. The average molecular weight is 463 g/mol. The van der Waals surface area contributed by atoms with Crippen LogP contribution in [-0.4, -0.2) is 10.8 Å². The van der Waals surface area contributed by atoms with E-state index >= 15 is 0 Å². The van der Waals surface area contributed by atoms with Crippen LogP contribution in [0.5, 0.6) is 0 Å². The number of carbonyl (C=O) groups excluding carboxylic acids is 1. The molecule has 0 unspecified atom stereocenters. The number of amides is 1. The van der Waals surface area contributed by atoms with Gasteiger partial charge in [0.25, 0.3) is 11.6 Å². The zero-order valence-electron chi connectivity index (χ0n) is 16.7. The molecule has 5 rings (SSSR count). The number of carbonyl (C=O) groups is 1. The topological polar surface area (TPSA) is 76.6 Å². The number of fused-ring (bicyclic) bond motifs is 2. The molecule has 1 aliphatic rings. The van der Waals surface area contributed by atoms with Gasteiger partial charge in [0.15, 0.2) is 5.76 Å². The number of hydrogen-bond donors (Lipinski definition) is 0. The van der Waals surface area contributed by atoms with Crippen LogP contribution in [0.2, 0.25) is 5.02 Å². The number of halogens is 1. The van der Waals surface area contributed by atoms with Crippen molar-refractivity contribution in [2.24, 2.45) is 0 Å². The maximum atomic E-state index is 13.6. The Morgan fingerprint density at radius 1 is 1.00 bits per heavy atom. The standard InChI is InChI=1S/C24H15ClN2O4S/c1-14-16(5-4-7-17(14)27(29)30)20-10-11-21(31-20)24(28)26-18-6-2-3-8-22(18)32-23-12-9-15(25)13-19(23)26/h2-13H,1H3. The summed E-state index contributed by atoms with van der Waals surface area (Å²) in [6, 6.07) is 21.1. The highest BCUT2D eigenvalue weighted by Crippen LogP contribution is 2.49. The summed E-state index contributed by atoms with van der Waals surface area (Å²) >= 11 is 7.80. The van der Waals surface area contributed by atoms with Gasteiger partial charge < -0.3 is 4.42 Å². The summed E-state index contributed by atoms with van der Waals surface area (Å²) < 4.78 is 5.91. The van der Waals surface area contributed by atoms with Gasteiger partial charge in [0.05, 0.1) is 16.3 Å². The van der Waals surface area contributed by atoms with Crippen LogP contribution < -0.4 is 4.90 Å². The van der Waals surface area contributed by atoms with Gasteiger partial charge in [0.2, 0.25) is 0 Å². The Hall–Kier alpha value is -3.55. The summed E-state index contributed by atoms with van der Waals surface area (Å²) in [5.74, 6) is 0.162. The quantitative estimate of drug-likeness (QED) is 0.236. The molecule has 0 bridgehead atoms. The molecule has 0 radical (unpaired) electrons. The molecule has 0 fully saturated rings. The van der Waals surface area contributed by atoms with E-state index in [9.17, 15) is 14.9 Å². The van der Waals surface area contributed by atoms with Crippen LogP contribution >= 0.6 is 23.4 Å². The van der Waals surface area contributed by atoms with E-state index in [-0.39, 0.29) is 17.4 Å². The number of nitro groups is 1. The van der Waals surface area contributed by atoms with E-state index in [2.05, 4.69) is 0 Å². The van der Waals surface area contributed by atoms with Gasteiger partial charge in [0.1, 0.15) is 5.76 Å². The maximum Gasteiger partial charge on any atom is 0.298 e. The molecule has 3 aromatic carbocycles. The first kappa shape index (κ1) is 20.4. The van der Waals surface area contributed by atoms with Gasteiger partial charge in [-0.25, -0.2) is 0 Å². The molecule has 4 aromatic rings. The van der Waals surface area contributed by atoms with Crippen molar-refractivity contribution in [3.63, 3.8) is 0 Å². The Bertz CT molecular complexity index is 1400. The summed E-state index contributed by atoms with van der Waals surface area (Å²) in [4.78, 5) is 27.9. The maximum absolute atomic E-state index is 13.6. The normalized spacial score (nSPS) is 12.2. The molecular weight excluding hydrogens is 448 g/mol. The number of furan rings is 1. The van der Waals surface area contributed by atoms with Crippen LogP contribution in [0.4, 0.5) is 17.1 Å². The molecule has 1 aromatic heterocycles. The van der Waals surface area contributed by atoms with Crippen molar-refractivity contribution in [3.8, 4) is 11.3 Å².